The van der Waals surface area contributed by atoms with Crippen LogP contribution in [0.2, 0.25) is 0 Å². The summed E-state index contributed by atoms with van der Waals surface area (Å²) in [5, 5.41) is 3.38. The van der Waals surface area contributed by atoms with E-state index in [0.29, 0.717) is 18.5 Å². The van der Waals surface area contributed by atoms with Crippen molar-refractivity contribution in [1.82, 2.24) is 10.3 Å². The number of hydrogen-bond acceptors (Lipinski definition) is 4. The van der Waals surface area contributed by atoms with Crippen molar-refractivity contribution in [2.45, 2.75) is 65.0 Å². The molecule has 2 rings (SSSR count). The smallest absolute Gasteiger partial charge is 0.393 e. The third kappa shape index (κ3) is 5.23. The van der Waals surface area contributed by atoms with E-state index in [2.05, 4.69) is 31.1 Å². The lowest BCUT2D eigenvalue weighted by Gasteiger charge is -2.20. The summed E-state index contributed by atoms with van der Waals surface area (Å²) in [6.45, 7) is 7.85. The first-order valence-corrected chi connectivity index (χ1v) is 7.35. The maximum absolute atomic E-state index is 5.65. The molecule has 0 saturated heterocycles. The predicted molar refractivity (Wildman–Crippen MR) is 75.2 cm³/mol. The fourth-order valence-corrected chi connectivity index (χ4v) is 2.33. The number of aromatic nitrogens is 1. The molecule has 1 N–H and O–H groups in total. The highest BCUT2D eigenvalue weighted by atomic mass is 16.6. The molecule has 0 unspecified atom stereocenters. The molecule has 1 aliphatic carbocycles. The van der Waals surface area contributed by atoms with Crippen LogP contribution in [0.3, 0.4) is 0 Å². The fourth-order valence-electron chi connectivity index (χ4n) is 2.33. The molecule has 1 aromatic rings. The standard InChI is InChI=1S/C15H26N2O2/c1-15(2,3)16-9-13-11-19-14(17-13)18-10-12-7-5-4-6-8-12/h11-12,16H,4-10H2,1-3H3. The van der Waals surface area contributed by atoms with E-state index in [1.165, 1.54) is 32.1 Å². The molecule has 1 saturated carbocycles. The van der Waals surface area contributed by atoms with E-state index in [9.17, 15) is 0 Å². The van der Waals surface area contributed by atoms with Crippen LogP contribution >= 0.6 is 0 Å². The number of oxazole rings is 1. The zero-order valence-corrected chi connectivity index (χ0v) is 12.4. The Morgan fingerprint density at radius 3 is 2.74 bits per heavy atom. The Bertz CT molecular complexity index is 376. The zero-order chi connectivity index (χ0) is 13.7. The Labute approximate surface area is 115 Å². The average molecular weight is 266 g/mol. The average Bonchev–Trinajstić information content (AvgIpc) is 2.82. The van der Waals surface area contributed by atoms with Crippen molar-refractivity contribution in [1.29, 1.82) is 0 Å². The highest BCUT2D eigenvalue weighted by Gasteiger charge is 2.16. The van der Waals surface area contributed by atoms with Crippen LogP contribution in [0, 0.1) is 5.92 Å². The van der Waals surface area contributed by atoms with Crippen molar-refractivity contribution in [2.24, 2.45) is 5.92 Å². The van der Waals surface area contributed by atoms with Gasteiger partial charge in [-0.3, -0.25) is 0 Å². The summed E-state index contributed by atoms with van der Waals surface area (Å²) < 4.78 is 11.0. The molecule has 1 aliphatic rings. The monoisotopic (exact) mass is 266 g/mol. The van der Waals surface area contributed by atoms with Crippen molar-refractivity contribution >= 4 is 0 Å². The third-order valence-electron chi connectivity index (χ3n) is 3.50. The van der Waals surface area contributed by atoms with Gasteiger partial charge in [-0.15, -0.1) is 0 Å². The SMILES string of the molecule is CC(C)(C)NCc1coc(OCC2CCCCC2)n1. The Kier molecular flexibility index (Phi) is 4.86. The van der Waals surface area contributed by atoms with Gasteiger partial charge in [0, 0.05) is 12.1 Å². The molecule has 19 heavy (non-hydrogen) atoms. The molecule has 4 heteroatoms. The Morgan fingerprint density at radius 1 is 1.32 bits per heavy atom. The van der Waals surface area contributed by atoms with E-state index in [4.69, 9.17) is 9.15 Å². The predicted octanol–water partition coefficient (Wildman–Crippen LogP) is 3.52. The lowest BCUT2D eigenvalue weighted by atomic mass is 9.90. The molecule has 0 spiro atoms. The third-order valence-corrected chi connectivity index (χ3v) is 3.50. The van der Waals surface area contributed by atoms with Crippen LogP contribution in [-0.4, -0.2) is 17.1 Å². The summed E-state index contributed by atoms with van der Waals surface area (Å²) in [7, 11) is 0. The first-order chi connectivity index (χ1) is 9.03. The van der Waals surface area contributed by atoms with Gasteiger partial charge in [-0.2, -0.15) is 4.98 Å². The maximum Gasteiger partial charge on any atom is 0.393 e. The summed E-state index contributed by atoms with van der Waals surface area (Å²) in [5.74, 6) is 0.678. The molecule has 0 radical (unpaired) electrons. The van der Waals surface area contributed by atoms with Gasteiger partial charge in [-0.1, -0.05) is 19.3 Å². The summed E-state index contributed by atoms with van der Waals surface area (Å²) in [6, 6.07) is 0. The highest BCUT2D eigenvalue weighted by molar-refractivity contribution is 5.00. The molecule has 1 aromatic heterocycles. The van der Waals surface area contributed by atoms with Crippen LogP contribution in [0.1, 0.15) is 58.6 Å². The first-order valence-electron chi connectivity index (χ1n) is 7.35. The molecular weight excluding hydrogens is 240 g/mol. The summed E-state index contributed by atoms with van der Waals surface area (Å²) in [5.41, 5.74) is 0.982. The van der Waals surface area contributed by atoms with Gasteiger partial charge in [0.05, 0.1) is 12.3 Å². The number of ether oxygens (including phenoxy) is 1. The molecule has 0 aliphatic heterocycles. The van der Waals surface area contributed by atoms with Gasteiger partial charge in [0.2, 0.25) is 0 Å². The first kappa shape index (κ1) is 14.4. The summed E-state index contributed by atoms with van der Waals surface area (Å²) in [4.78, 5) is 4.35. The van der Waals surface area contributed by atoms with E-state index >= 15 is 0 Å². The summed E-state index contributed by atoms with van der Waals surface area (Å²) in [6.07, 6.45) is 8.68. The van der Waals surface area contributed by atoms with E-state index in [-0.39, 0.29) is 5.54 Å². The molecule has 0 atom stereocenters. The topological polar surface area (TPSA) is 47.3 Å². The number of nitrogens with one attached hydrogen (secondary N) is 1. The number of hydrogen-bond donors (Lipinski definition) is 1. The van der Waals surface area contributed by atoms with Crippen LogP contribution in [0.25, 0.3) is 0 Å². The highest BCUT2D eigenvalue weighted by Crippen LogP contribution is 2.24. The van der Waals surface area contributed by atoms with Gasteiger partial charge >= 0.3 is 6.08 Å². The van der Waals surface area contributed by atoms with Crippen molar-refractivity contribution < 1.29 is 9.15 Å². The van der Waals surface area contributed by atoms with E-state index < -0.39 is 0 Å². The van der Waals surface area contributed by atoms with E-state index in [1.807, 2.05) is 0 Å². The van der Waals surface area contributed by atoms with Crippen molar-refractivity contribution in [2.75, 3.05) is 6.61 Å². The minimum atomic E-state index is 0.0854. The van der Waals surface area contributed by atoms with Crippen LogP contribution in [-0.2, 0) is 6.54 Å². The second-order valence-corrected chi connectivity index (χ2v) is 6.52. The van der Waals surface area contributed by atoms with Crippen molar-refractivity contribution in [3.8, 4) is 6.08 Å². The van der Waals surface area contributed by atoms with Gasteiger partial charge in [0.15, 0.2) is 0 Å². The molecular formula is C15H26N2O2. The quantitative estimate of drug-likeness (QED) is 0.885. The Morgan fingerprint density at radius 2 is 2.05 bits per heavy atom. The van der Waals surface area contributed by atoms with Crippen LogP contribution in [0.5, 0.6) is 6.08 Å². The lowest BCUT2D eigenvalue weighted by Crippen LogP contribution is -2.35. The van der Waals surface area contributed by atoms with Crippen molar-refractivity contribution in [3.63, 3.8) is 0 Å². The minimum absolute atomic E-state index is 0.0854. The van der Waals surface area contributed by atoms with Crippen LogP contribution < -0.4 is 10.1 Å². The normalized spacial score (nSPS) is 17.6. The van der Waals surface area contributed by atoms with Crippen LogP contribution in [0.4, 0.5) is 0 Å². The van der Waals surface area contributed by atoms with Gasteiger partial charge in [-0.25, -0.2) is 0 Å². The molecule has 0 amide bonds. The summed E-state index contributed by atoms with van der Waals surface area (Å²) >= 11 is 0. The molecule has 1 heterocycles. The molecule has 108 valence electrons. The number of rotatable bonds is 5. The van der Waals surface area contributed by atoms with Gasteiger partial charge < -0.3 is 14.5 Å². The maximum atomic E-state index is 5.65. The molecule has 0 bridgehead atoms. The second kappa shape index (κ2) is 6.42. The number of nitrogens with zero attached hydrogens (tertiary/aromatic N) is 1. The van der Waals surface area contributed by atoms with Crippen LogP contribution in [0.15, 0.2) is 10.7 Å². The second-order valence-electron chi connectivity index (χ2n) is 6.52. The van der Waals surface area contributed by atoms with Gasteiger partial charge in [-0.05, 0) is 39.5 Å². The Balaban J connectivity index is 1.74. The van der Waals surface area contributed by atoms with E-state index in [0.717, 1.165) is 12.3 Å². The lowest BCUT2D eigenvalue weighted by molar-refractivity contribution is 0.165. The van der Waals surface area contributed by atoms with Gasteiger partial charge in [0.1, 0.15) is 6.26 Å². The fraction of sp³-hybridized carbons (Fsp3) is 0.800. The largest absolute Gasteiger partial charge is 0.450 e. The Hall–Kier alpha value is -1.03. The zero-order valence-electron chi connectivity index (χ0n) is 12.4. The van der Waals surface area contributed by atoms with Gasteiger partial charge in [0.25, 0.3) is 0 Å². The molecule has 4 nitrogen and oxygen atoms in total. The van der Waals surface area contributed by atoms with Crippen molar-refractivity contribution in [3.05, 3.63) is 12.0 Å². The molecule has 0 aromatic carbocycles. The van der Waals surface area contributed by atoms with E-state index in [1.54, 1.807) is 6.26 Å². The molecule has 1 fully saturated rings. The minimum Gasteiger partial charge on any atom is -0.450 e.